The Labute approximate surface area is 192 Å². The molecule has 0 radical (unpaired) electrons. The van der Waals surface area contributed by atoms with E-state index < -0.39 is 5.91 Å². The molecule has 33 heavy (non-hydrogen) atoms. The van der Waals surface area contributed by atoms with Crippen LogP contribution < -0.4 is 19.9 Å². The SMILES string of the molecule is COc1ccc(OC)c(CN(C(=O)c2ccc(Oc3ccc(C(N)=O)cc3)cc2)C2CC2)c1. The molecule has 7 heteroatoms. The second-order valence-electron chi connectivity index (χ2n) is 7.86. The highest BCUT2D eigenvalue weighted by Crippen LogP contribution is 2.33. The maximum atomic E-state index is 13.3. The summed E-state index contributed by atoms with van der Waals surface area (Å²) in [5.74, 6) is 2.07. The lowest BCUT2D eigenvalue weighted by Crippen LogP contribution is -2.32. The van der Waals surface area contributed by atoms with Crippen LogP contribution in [0.3, 0.4) is 0 Å². The standard InChI is InChI=1S/C26H26N2O5/c1-31-23-13-14-24(32-2)19(15-23)16-28(20-7-8-20)26(30)18-5-11-22(12-6-18)33-21-9-3-17(4-10-21)25(27)29/h3-6,9-15,20H,7-8,16H2,1-2H3,(H2,27,29). The summed E-state index contributed by atoms with van der Waals surface area (Å²) in [5.41, 5.74) is 7.16. The Hall–Kier alpha value is -4.00. The summed E-state index contributed by atoms with van der Waals surface area (Å²) in [4.78, 5) is 26.4. The van der Waals surface area contributed by atoms with E-state index in [9.17, 15) is 9.59 Å². The number of hydrogen-bond donors (Lipinski definition) is 1. The maximum Gasteiger partial charge on any atom is 0.254 e. The number of rotatable bonds is 9. The zero-order valence-corrected chi connectivity index (χ0v) is 18.6. The molecule has 0 bridgehead atoms. The van der Waals surface area contributed by atoms with Crippen molar-refractivity contribution in [2.24, 2.45) is 5.73 Å². The molecule has 0 spiro atoms. The Bertz CT molecular complexity index is 1140. The minimum Gasteiger partial charge on any atom is -0.497 e. The Morgan fingerprint density at radius 1 is 0.848 bits per heavy atom. The smallest absolute Gasteiger partial charge is 0.254 e. The first-order valence-electron chi connectivity index (χ1n) is 10.7. The fourth-order valence-electron chi connectivity index (χ4n) is 3.60. The highest BCUT2D eigenvalue weighted by molar-refractivity contribution is 5.95. The second kappa shape index (κ2) is 9.65. The summed E-state index contributed by atoms with van der Waals surface area (Å²) >= 11 is 0. The largest absolute Gasteiger partial charge is 0.497 e. The normalized spacial score (nSPS) is 12.7. The van der Waals surface area contributed by atoms with Gasteiger partial charge in [0.05, 0.1) is 20.8 Å². The molecule has 2 amide bonds. The van der Waals surface area contributed by atoms with Crippen molar-refractivity contribution in [1.82, 2.24) is 4.90 Å². The minimum absolute atomic E-state index is 0.0419. The van der Waals surface area contributed by atoms with Crippen LogP contribution in [-0.4, -0.2) is 37.0 Å². The molecule has 0 atom stereocenters. The molecule has 3 aromatic carbocycles. The molecule has 3 aromatic rings. The third kappa shape index (κ3) is 5.26. The summed E-state index contributed by atoms with van der Waals surface area (Å²) in [6.45, 7) is 0.439. The van der Waals surface area contributed by atoms with Crippen molar-refractivity contribution in [3.05, 3.63) is 83.4 Å². The third-order valence-corrected chi connectivity index (χ3v) is 5.55. The van der Waals surface area contributed by atoms with E-state index in [0.717, 1.165) is 29.9 Å². The molecular formula is C26H26N2O5. The lowest BCUT2D eigenvalue weighted by atomic mass is 10.1. The number of primary amides is 1. The Morgan fingerprint density at radius 2 is 1.42 bits per heavy atom. The van der Waals surface area contributed by atoms with Crippen LogP contribution in [0.15, 0.2) is 66.7 Å². The number of ether oxygens (including phenoxy) is 3. The van der Waals surface area contributed by atoms with Crippen molar-refractivity contribution in [2.45, 2.75) is 25.4 Å². The summed E-state index contributed by atoms with van der Waals surface area (Å²) in [6, 6.07) is 19.4. The van der Waals surface area contributed by atoms with Gasteiger partial charge >= 0.3 is 0 Å². The van der Waals surface area contributed by atoms with Crippen molar-refractivity contribution >= 4 is 11.8 Å². The maximum absolute atomic E-state index is 13.3. The van der Waals surface area contributed by atoms with Crippen LogP contribution in [-0.2, 0) is 6.54 Å². The minimum atomic E-state index is -0.490. The van der Waals surface area contributed by atoms with E-state index in [2.05, 4.69) is 0 Å². The third-order valence-electron chi connectivity index (χ3n) is 5.55. The number of carbonyl (C=O) groups excluding carboxylic acids is 2. The van der Waals surface area contributed by atoms with Gasteiger partial charge in [0.25, 0.3) is 5.91 Å². The van der Waals surface area contributed by atoms with Gasteiger partial charge in [-0.2, -0.15) is 0 Å². The molecule has 1 aliphatic carbocycles. The summed E-state index contributed by atoms with van der Waals surface area (Å²) < 4.78 is 16.6. The molecule has 0 aliphatic heterocycles. The quantitative estimate of drug-likeness (QED) is 0.526. The Kier molecular flexibility index (Phi) is 6.49. The van der Waals surface area contributed by atoms with Gasteiger partial charge in [-0.15, -0.1) is 0 Å². The van der Waals surface area contributed by atoms with Crippen molar-refractivity contribution in [1.29, 1.82) is 0 Å². The molecule has 0 saturated heterocycles. The molecule has 4 rings (SSSR count). The van der Waals surface area contributed by atoms with Crippen LogP contribution >= 0.6 is 0 Å². The average Bonchev–Trinajstić information content (AvgIpc) is 3.68. The first-order chi connectivity index (χ1) is 16.0. The van der Waals surface area contributed by atoms with Crippen LogP contribution in [0.25, 0.3) is 0 Å². The first kappa shape index (κ1) is 22.2. The van der Waals surface area contributed by atoms with Gasteiger partial charge in [-0.05, 0) is 79.6 Å². The molecule has 170 valence electrons. The molecule has 1 fully saturated rings. The van der Waals surface area contributed by atoms with Crippen molar-refractivity contribution < 1.29 is 23.8 Å². The molecule has 0 unspecified atom stereocenters. The van der Waals surface area contributed by atoms with Crippen molar-refractivity contribution in [2.75, 3.05) is 14.2 Å². The van der Waals surface area contributed by atoms with E-state index in [-0.39, 0.29) is 11.9 Å². The van der Waals surface area contributed by atoms with Gasteiger partial charge in [-0.3, -0.25) is 9.59 Å². The second-order valence-corrected chi connectivity index (χ2v) is 7.86. The van der Waals surface area contributed by atoms with Gasteiger partial charge < -0.3 is 24.8 Å². The predicted octanol–water partition coefficient (Wildman–Crippen LogP) is 4.40. The molecular weight excluding hydrogens is 420 g/mol. The zero-order chi connectivity index (χ0) is 23.4. The van der Waals surface area contributed by atoms with Gasteiger partial charge in [0.2, 0.25) is 5.91 Å². The average molecular weight is 447 g/mol. The van der Waals surface area contributed by atoms with Crippen LogP contribution in [0.2, 0.25) is 0 Å². The number of hydrogen-bond acceptors (Lipinski definition) is 5. The van der Waals surface area contributed by atoms with Crippen molar-refractivity contribution in [3.8, 4) is 23.0 Å². The van der Waals surface area contributed by atoms with Gasteiger partial charge in [0.1, 0.15) is 23.0 Å². The number of nitrogens with zero attached hydrogens (tertiary/aromatic N) is 1. The fraction of sp³-hybridized carbons (Fsp3) is 0.231. The topological polar surface area (TPSA) is 91.1 Å². The van der Waals surface area contributed by atoms with Gasteiger partial charge in [-0.25, -0.2) is 0 Å². The van der Waals surface area contributed by atoms with Crippen molar-refractivity contribution in [3.63, 3.8) is 0 Å². The molecule has 0 heterocycles. The Balaban J connectivity index is 1.48. The summed E-state index contributed by atoms with van der Waals surface area (Å²) in [7, 11) is 3.24. The number of amides is 2. The summed E-state index contributed by atoms with van der Waals surface area (Å²) in [5, 5.41) is 0. The van der Waals surface area contributed by atoms with Crippen LogP contribution in [0.5, 0.6) is 23.0 Å². The van der Waals surface area contributed by atoms with Gasteiger partial charge in [-0.1, -0.05) is 0 Å². The molecule has 1 aliphatic rings. The highest BCUT2D eigenvalue weighted by Gasteiger charge is 2.33. The monoisotopic (exact) mass is 446 g/mol. The number of nitrogens with two attached hydrogens (primary N) is 1. The molecule has 2 N–H and O–H groups in total. The van der Waals surface area contributed by atoms with E-state index in [1.54, 1.807) is 62.8 Å². The number of methoxy groups -OCH3 is 2. The Morgan fingerprint density at radius 3 is 1.94 bits per heavy atom. The van der Waals surface area contributed by atoms with E-state index in [1.165, 1.54) is 0 Å². The van der Waals surface area contributed by atoms with E-state index in [0.29, 0.717) is 29.2 Å². The fourth-order valence-corrected chi connectivity index (χ4v) is 3.60. The zero-order valence-electron chi connectivity index (χ0n) is 18.6. The van der Waals surface area contributed by atoms with E-state index >= 15 is 0 Å². The molecule has 7 nitrogen and oxygen atoms in total. The summed E-state index contributed by atoms with van der Waals surface area (Å²) in [6.07, 6.45) is 1.97. The lowest BCUT2D eigenvalue weighted by molar-refractivity contribution is 0.0728. The first-order valence-corrected chi connectivity index (χ1v) is 10.7. The molecule has 0 aromatic heterocycles. The predicted molar refractivity (Wildman–Crippen MR) is 124 cm³/mol. The highest BCUT2D eigenvalue weighted by atomic mass is 16.5. The van der Waals surface area contributed by atoms with Crippen LogP contribution in [0.1, 0.15) is 39.1 Å². The lowest BCUT2D eigenvalue weighted by Gasteiger charge is -2.24. The van der Waals surface area contributed by atoms with Crippen LogP contribution in [0, 0.1) is 0 Å². The van der Waals surface area contributed by atoms with Gasteiger partial charge in [0, 0.05) is 22.7 Å². The number of benzene rings is 3. The van der Waals surface area contributed by atoms with E-state index in [1.807, 2.05) is 23.1 Å². The van der Waals surface area contributed by atoms with E-state index in [4.69, 9.17) is 19.9 Å². The van der Waals surface area contributed by atoms with Crippen LogP contribution in [0.4, 0.5) is 0 Å². The van der Waals surface area contributed by atoms with Gasteiger partial charge in [0.15, 0.2) is 0 Å². The molecule has 1 saturated carbocycles. The number of carbonyl (C=O) groups is 2.